The van der Waals surface area contributed by atoms with Crippen LogP contribution in [-0.4, -0.2) is 16.1 Å². The molecule has 1 aromatic heterocycles. The predicted molar refractivity (Wildman–Crippen MR) is 62.8 cm³/mol. The first kappa shape index (κ1) is 11.5. The third kappa shape index (κ3) is 2.79. The van der Waals surface area contributed by atoms with Crippen LogP contribution >= 0.6 is 11.3 Å². The second kappa shape index (κ2) is 4.92. The molecule has 0 fully saturated rings. The first-order chi connectivity index (χ1) is 8.16. The van der Waals surface area contributed by atoms with Crippen molar-refractivity contribution in [3.63, 3.8) is 0 Å². The van der Waals surface area contributed by atoms with Crippen LogP contribution in [0.25, 0.3) is 0 Å². The van der Waals surface area contributed by atoms with Gasteiger partial charge in [-0.15, -0.1) is 11.3 Å². The molecule has 0 spiro atoms. The van der Waals surface area contributed by atoms with Gasteiger partial charge >= 0.3 is 5.97 Å². The average molecular weight is 252 g/mol. The first-order valence-electron chi connectivity index (χ1n) is 4.80. The normalized spacial score (nSPS) is 10.2. The largest absolute Gasteiger partial charge is 0.478 e. The number of aromatic nitrogens is 1. The molecule has 2 aromatic rings. The molecule has 0 bridgehead atoms. The van der Waals surface area contributed by atoms with E-state index in [9.17, 15) is 9.18 Å². The van der Waals surface area contributed by atoms with Crippen LogP contribution in [0.4, 0.5) is 10.1 Å². The van der Waals surface area contributed by atoms with Gasteiger partial charge in [-0.2, -0.15) is 0 Å². The Bertz CT molecular complexity index is 528. The fourth-order valence-electron chi connectivity index (χ4n) is 1.32. The van der Waals surface area contributed by atoms with Crippen molar-refractivity contribution >= 4 is 23.0 Å². The molecule has 0 unspecified atom stereocenters. The monoisotopic (exact) mass is 252 g/mol. The maximum atomic E-state index is 13.3. The molecule has 0 aliphatic carbocycles. The van der Waals surface area contributed by atoms with Crippen molar-refractivity contribution in [3.8, 4) is 0 Å². The highest BCUT2D eigenvalue weighted by atomic mass is 32.1. The van der Waals surface area contributed by atoms with E-state index in [-0.39, 0.29) is 5.56 Å². The highest BCUT2D eigenvalue weighted by Gasteiger charge is 2.10. The number of hydrogen-bond acceptors (Lipinski definition) is 4. The van der Waals surface area contributed by atoms with Crippen molar-refractivity contribution in [2.75, 3.05) is 5.32 Å². The first-order valence-corrected chi connectivity index (χ1v) is 5.75. The molecular weight excluding hydrogens is 243 g/mol. The van der Waals surface area contributed by atoms with Gasteiger partial charge in [-0.05, 0) is 18.2 Å². The lowest BCUT2D eigenvalue weighted by Crippen LogP contribution is -2.03. The molecule has 4 nitrogen and oxygen atoms in total. The number of aromatic carboxylic acids is 1. The van der Waals surface area contributed by atoms with Crippen molar-refractivity contribution in [2.45, 2.75) is 6.54 Å². The number of halogens is 1. The van der Waals surface area contributed by atoms with Gasteiger partial charge in [-0.1, -0.05) is 0 Å². The van der Waals surface area contributed by atoms with Crippen LogP contribution in [0.15, 0.2) is 29.1 Å². The lowest BCUT2D eigenvalue weighted by molar-refractivity contribution is 0.0692. The minimum Gasteiger partial charge on any atom is -0.478 e. The molecule has 0 atom stereocenters. The SMILES string of the molecule is O=C(O)c1ccc(NCc2cscn2)cc1F. The summed E-state index contributed by atoms with van der Waals surface area (Å²) in [5, 5.41) is 13.5. The van der Waals surface area contributed by atoms with Crippen molar-refractivity contribution < 1.29 is 14.3 Å². The molecule has 1 heterocycles. The van der Waals surface area contributed by atoms with Gasteiger partial charge in [0.15, 0.2) is 0 Å². The molecule has 0 aliphatic rings. The minimum atomic E-state index is -1.27. The standard InChI is InChI=1S/C11H9FN2O2S/c12-10-3-7(1-2-9(10)11(15)16)13-4-8-5-17-6-14-8/h1-3,5-6,13H,4H2,(H,15,16). The summed E-state index contributed by atoms with van der Waals surface area (Å²) >= 11 is 1.48. The van der Waals surface area contributed by atoms with Crippen molar-refractivity contribution in [1.82, 2.24) is 4.98 Å². The molecule has 0 saturated heterocycles. The highest BCUT2D eigenvalue weighted by molar-refractivity contribution is 7.07. The number of carbonyl (C=O) groups is 1. The Hall–Kier alpha value is -1.95. The number of rotatable bonds is 4. The Morgan fingerprint density at radius 2 is 2.35 bits per heavy atom. The Kier molecular flexibility index (Phi) is 3.34. The second-order valence-electron chi connectivity index (χ2n) is 3.33. The predicted octanol–water partition coefficient (Wildman–Crippen LogP) is 2.59. The Balaban J connectivity index is 2.07. The number of nitrogens with one attached hydrogen (secondary N) is 1. The number of carboxylic acids is 1. The van der Waals surface area contributed by atoms with Gasteiger partial charge in [-0.3, -0.25) is 0 Å². The molecule has 88 valence electrons. The second-order valence-corrected chi connectivity index (χ2v) is 4.05. The van der Waals surface area contributed by atoms with Crippen LogP contribution in [0.1, 0.15) is 16.1 Å². The zero-order valence-corrected chi connectivity index (χ0v) is 9.50. The van der Waals surface area contributed by atoms with Gasteiger partial charge < -0.3 is 10.4 Å². The van der Waals surface area contributed by atoms with Gasteiger partial charge in [0.05, 0.1) is 23.3 Å². The van der Waals surface area contributed by atoms with Crippen LogP contribution in [-0.2, 0) is 6.54 Å². The van der Waals surface area contributed by atoms with Crippen molar-refractivity contribution in [3.05, 3.63) is 46.2 Å². The van der Waals surface area contributed by atoms with Crippen LogP contribution in [0.5, 0.6) is 0 Å². The van der Waals surface area contributed by atoms with Crippen LogP contribution in [0.3, 0.4) is 0 Å². The topological polar surface area (TPSA) is 62.2 Å². The summed E-state index contributed by atoms with van der Waals surface area (Å²) in [5.41, 5.74) is 2.77. The van der Waals surface area contributed by atoms with Gasteiger partial charge in [0.25, 0.3) is 0 Å². The van der Waals surface area contributed by atoms with Crippen LogP contribution in [0, 0.1) is 5.82 Å². The van der Waals surface area contributed by atoms with E-state index in [1.54, 1.807) is 5.51 Å². The molecule has 0 amide bonds. The highest BCUT2D eigenvalue weighted by Crippen LogP contribution is 2.15. The molecule has 0 saturated carbocycles. The number of benzene rings is 1. The van der Waals surface area contributed by atoms with Crippen molar-refractivity contribution in [1.29, 1.82) is 0 Å². The summed E-state index contributed by atoms with van der Waals surface area (Å²) in [5.74, 6) is -2.02. The molecule has 6 heteroatoms. The summed E-state index contributed by atoms with van der Waals surface area (Å²) in [6, 6.07) is 3.93. The Morgan fingerprint density at radius 3 is 2.94 bits per heavy atom. The molecule has 17 heavy (non-hydrogen) atoms. The van der Waals surface area contributed by atoms with Gasteiger partial charge in [0, 0.05) is 11.1 Å². The average Bonchev–Trinajstić information content (AvgIpc) is 2.78. The zero-order chi connectivity index (χ0) is 12.3. The maximum absolute atomic E-state index is 13.3. The number of nitrogens with zero attached hydrogens (tertiary/aromatic N) is 1. The van der Waals surface area contributed by atoms with Gasteiger partial charge in [0.1, 0.15) is 5.82 Å². The number of anilines is 1. The molecule has 0 radical (unpaired) electrons. The van der Waals surface area contributed by atoms with E-state index in [2.05, 4.69) is 10.3 Å². The Labute approximate surface area is 101 Å². The molecule has 2 rings (SSSR count). The number of thiazole rings is 1. The van der Waals surface area contributed by atoms with Crippen LogP contribution < -0.4 is 5.32 Å². The fourth-order valence-corrected chi connectivity index (χ4v) is 1.87. The minimum absolute atomic E-state index is 0.329. The lowest BCUT2D eigenvalue weighted by Gasteiger charge is -2.05. The number of hydrogen-bond donors (Lipinski definition) is 2. The van der Waals surface area contributed by atoms with Gasteiger partial charge in [0.2, 0.25) is 0 Å². The fraction of sp³-hybridized carbons (Fsp3) is 0.0909. The van der Waals surface area contributed by atoms with E-state index in [4.69, 9.17) is 5.11 Å². The molecular formula is C11H9FN2O2S. The third-order valence-electron chi connectivity index (χ3n) is 2.16. The smallest absolute Gasteiger partial charge is 0.338 e. The summed E-state index contributed by atoms with van der Waals surface area (Å²) < 4.78 is 13.3. The lowest BCUT2D eigenvalue weighted by atomic mass is 10.2. The van der Waals surface area contributed by atoms with E-state index >= 15 is 0 Å². The van der Waals surface area contributed by atoms with E-state index in [0.29, 0.717) is 12.2 Å². The van der Waals surface area contributed by atoms with E-state index in [1.165, 1.54) is 23.5 Å². The summed E-state index contributed by atoms with van der Waals surface area (Å²) in [6.45, 7) is 0.482. The van der Waals surface area contributed by atoms with Gasteiger partial charge in [-0.25, -0.2) is 14.2 Å². The van der Waals surface area contributed by atoms with E-state index < -0.39 is 11.8 Å². The maximum Gasteiger partial charge on any atom is 0.338 e. The zero-order valence-electron chi connectivity index (χ0n) is 8.68. The summed E-state index contributed by atoms with van der Waals surface area (Å²) in [7, 11) is 0. The third-order valence-corrected chi connectivity index (χ3v) is 2.79. The van der Waals surface area contributed by atoms with E-state index in [1.807, 2.05) is 5.38 Å². The summed E-state index contributed by atoms with van der Waals surface area (Å²) in [6.07, 6.45) is 0. The number of carboxylic acid groups (broad SMARTS) is 1. The molecule has 0 aliphatic heterocycles. The Morgan fingerprint density at radius 1 is 1.53 bits per heavy atom. The van der Waals surface area contributed by atoms with E-state index in [0.717, 1.165) is 11.8 Å². The molecule has 1 aromatic carbocycles. The van der Waals surface area contributed by atoms with Crippen LogP contribution in [0.2, 0.25) is 0 Å². The van der Waals surface area contributed by atoms with Crippen molar-refractivity contribution in [2.24, 2.45) is 0 Å². The molecule has 2 N–H and O–H groups in total. The quantitative estimate of drug-likeness (QED) is 0.878. The summed E-state index contributed by atoms with van der Waals surface area (Å²) in [4.78, 5) is 14.7.